The summed E-state index contributed by atoms with van der Waals surface area (Å²) in [7, 11) is 2.87. The third kappa shape index (κ3) is 2.99. The van der Waals surface area contributed by atoms with E-state index in [0.717, 1.165) is 6.07 Å². The third-order valence-electron chi connectivity index (χ3n) is 7.39. The van der Waals surface area contributed by atoms with Crippen LogP contribution in [0.1, 0.15) is 24.0 Å². The van der Waals surface area contributed by atoms with Gasteiger partial charge in [-0.2, -0.15) is 0 Å². The van der Waals surface area contributed by atoms with Gasteiger partial charge in [0, 0.05) is 17.6 Å². The fraction of sp³-hybridized carbons (Fsp3) is 0.455. The number of nitrogens with two attached hydrogens (primary N) is 1. The van der Waals surface area contributed by atoms with E-state index in [0.29, 0.717) is 0 Å². The van der Waals surface area contributed by atoms with E-state index >= 15 is 0 Å². The van der Waals surface area contributed by atoms with Crippen molar-refractivity contribution in [2.75, 3.05) is 14.1 Å². The Morgan fingerprint density at radius 1 is 1.20 bits per heavy atom. The maximum absolute atomic E-state index is 13.8. The predicted octanol–water partition coefficient (Wildman–Crippen LogP) is -0.804. The van der Waals surface area contributed by atoms with Crippen molar-refractivity contribution in [2.45, 2.75) is 36.8 Å². The highest BCUT2D eigenvalue weighted by Gasteiger charge is 2.68. The topological polar surface area (TPSA) is 228 Å². The van der Waals surface area contributed by atoms with Crippen molar-refractivity contribution in [1.29, 1.82) is 0 Å². The molecule has 1 saturated carbocycles. The van der Waals surface area contributed by atoms with Crippen LogP contribution < -0.4 is 5.73 Å². The fourth-order valence-electron chi connectivity index (χ4n) is 5.83. The molecule has 0 spiro atoms. The predicted molar refractivity (Wildman–Crippen MR) is 118 cm³/mol. The number of aliphatic hydroxyl groups excluding tert-OH is 4. The maximum atomic E-state index is 13.8. The fourth-order valence-corrected chi connectivity index (χ4v) is 5.83. The summed E-state index contributed by atoms with van der Waals surface area (Å²) in [6.07, 6.45) is -3.77. The number of ketones is 2. The van der Waals surface area contributed by atoms with Crippen molar-refractivity contribution in [2.24, 2.45) is 17.6 Å². The molecular weight excluding hydrogens is 466 g/mol. The number of hydrogen-bond acceptors (Lipinski definition) is 12. The number of phenolic OH excluding ortho intramolecular Hbond substituents is 1. The van der Waals surface area contributed by atoms with E-state index < -0.39 is 97.9 Å². The molecule has 0 saturated heterocycles. The Kier molecular flexibility index (Phi) is 5.54. The summed E-state index contributed by atoms with van der Waals surface area (Å²) in [6.45, 7) is 1.54. The molecule has 4 rings (SSSR count). The molecule has 13 heteroatoms. The molecule has 1 aromatic carbocycles. The minimum atomic E-state index is -2.98. The molecule has 8 N–H and O–H groups in total. The van der Waals surface area contributed by atoms with Gasteiger partial charge in [-0.15, -0.1) is 0 Å². The van der Waals surface area contributed by atoms with Crippen LogP contribution >= 0.6 is 0 Å². The van der Waals surface area contributed by atoms with Gasteiger partial charge >= 0.3 is 5.69 Å². The van der Waals surface area contributed by atoms with Gasteiger partial charge in [-0.05, 0) is 25.6 Å². The number of nitrogens with zero attached hydrogens (tertiary/aromatic N) is 2. The number of fused-ring (bicyclic) bond motifs is 3. The van der Waals surface area contributed by atoms with Crippen LogP contribution in [0.15, 0.2) is 29.0 Å². The first kappa shape index (κ1) is 24.8. The highest BCUT2D eigenvalue weighted by molar-refractivity contribution is 6.14. The van der Waals surface area contributed by atoms with Gasteiger partial charge in [-0.3, -0.25) is 24.6 Å². The molecule has 1 fully saturated rings. The summed E-state index contributed by atoms with van der Waals surface area (Å²) in [6, 6.07) is 0.899. The Bertz CT molecular complexity index is 1240. The minimum absolute atomic E-state index is 0.193. The zero-order valence-electron chi connectivity index (χ0n) is 18.9. The molecule has 3 aliphatic rings. The average molecular weight is 491 g/mol. The van der Waals surface area contributed by atoms with Crippen molar-refractivity contribution in [3.63, 3.8) is 0 Å². The molecule has 7 atom stereocenters. The monoisotopic (exact) mass is 491 g/mol. The van der Waals surface area contributed by atoms with Gasteiger partial charge in [0.1, 0.15) is 17.7 Å². The third-order valence-corrected chi connectivity index (χ3v) is 7.39. The molecule has 0 amide bonds. The van der Waals surface area contributed by atoms with Gasteiger partial charge in [0.25, 0.3) is 0 Å². The molecular formula is C22H25N3O10. The van der Waals surface area contributed by atoms with Crippen LogP contribution in [0.3, 0.4) is 0 Å². The zero-order chi connectivity index (χ0) is 26.3. The van der Waals surface area contributed by atoms with Crippen molar-refractivity contribution >= 4 is 23.0 Å². The van der Waals surface area contributed by atoms with Gasteiger partial charge in [0.05, 0.1) is 34.1 Å². The Morgan fingerprint density at radius 2 is 1.80 bits per heavy atom. The van der Waals surface area contributed by atoms with Crippen molar-refractivity contribution in [3.8, 4) is 5.75 Å². The van der Waals surface area contributed by atoms with E-state index in [1.807, 2.05) is 0 Å². The molecule has 13 nitrogen and oxygen atoms in total. The largest absolute Gasteiger partial charge is 0.508 e. The number of carbonyl (C=O) groups excluding carboxylic acids is 2. The smallest absolute Gasteiger partial charge is 0.311 e. The van der Waals surface area contributed by atoms with Gasteiger partial charge in [-0.25, -0.2) is 0 Å². The van der Waals surface area contributed by atoms with E-state index in [4.69, 9.17) is 5.73 Å². The molecule has 0 aliphatic heterocycles. The standard InChI is InChI=1S/C22H25N3O10/c1-6-7-4-5-8(25(34)35)15(26)10(7)16(27)11-9(6)17(28)13-14(24(2)3)18(29)12(21(23)32)20(31)22(13,33)19(11)30/h4-6,9,13-14,17,21,26-28,31-33H,23H2,1-3H3/t6-,9+,13+,14-,17-,21?,22-/m0/s1. The van der Waals surface area contributed by atoms with Crippen LogP contribution in [0.5, 0.6) is 5.75 Å². The molecule has 0 aromatic heterocycles. The van der Waals surface area contributed by atoms with Crippen LogP contribution in [0.2, 0.25) is 0 Å². The number of hydrogen-bond donors (Lipinski definition) is 7. The zero-order valence-corrected chi connectivity index (χ0v) is 18.9. The van der Waals surface area contributed by atoms with E-state index in [2.05, 4.69) is 0 Å². The number of aromatic hydroxyl groups is 1. The van der Waals surface area contributed by atoms with Crippen LogP contribution in [0, 0.1) is 22.0 Å². The molecule has 188 valence electrons. The van der Waals surface area contributed by atoms with E-state index in [-0.39, 0.29) is 5.56 Å². The second-order valence-corrected chi connectivity index (χ2v) is 9.32. The lowest BCUT2D eigenvalue weighted by atomic mass is 9.54. The van der Waals surface area contributed by atoms with Crippen LogP contribution in [0.25, 0.3) is 5.76 Å². The van der Waals surface area contributed by atoms with E-state index in [1.54, 1.807) is 6.92 Å². The lowest BCUT2D eigenvalue weighted by molar-refractivity contribution is -0.385. The summed E-state index contributed by atoms with van der Waals surface area (Å²) in [5, 5.41) is 76.7. The molecule has 0 radical (unpaired) electrons. The molecule has 3 aliphatic carbocycles. The van der Waals surface area contributed by atoms with Gasteiger partial charge in [0.2, 0.25) is 11.5 Å². The number of nitro benzene ring substituents is 1. The highest BCUT2D eigenvalue weighted by atomic mass is 16.6. The normalized spacial score (nSPS) is 33.4. The Balaban J connectivity index is 2.06. The van der Waals surface area contributed by atoms with Gasteiger partial charge in [-0.1, -0.05) is 13.0 Å². The number of likely N-dealkylation sites (N-methyl/N-ethyl adjacent to an activating group) is 1. The van der Waals surface area contributed by atoms with Gasteiger partial charge < -0.3 is 36.4 Å². The highest BCUT2D eigenvalue weighted by Crippen LogP contribution is 2.56. The van der Waals surface area contributed by atoms with Crippen molar-refractivity contribution < 1.29 is 45.2 Å². The second kappa shape index (κ2) is 7.83. The lowest BCUT2D eigenvalue weighted by Crippen LogP contribution is -2.70. The molecule has 0 bridgehead atoms. The molecule has 35 heavy (non-hydrogen) atoms. The summed E-state index contributed by atoms with van der Waals surface area (Å²) in [5.74, 6) is -8.96. The van der Waals surface area contributed by atoms with E-state index in [9.17, 15) is 50.3 Å². The Labute approximate surface area is 198 Å². The van der Waals surface area contributed by atoms with Crippen LogP contribution in [-0.4, -0.2) is 90.1 Å². The molecule has 1 unspecified atom stereocenters. The minimum Gasteiger partial charge on any atom is -0.508 e. The van der Waals surface area contributed by atoms with Gasteiger partial charge in [0.15, 0.2) is 11.4 Å². The summed E-state index contributed by atoms with van der Waals surface area (Å²) < 4.78 is 0. The SMILES string of the molecule is C[C@H]1c2ccc([N+](=O)[O-])c(O)c2C(O)=C2C(=O)[C@]3(O)C(O)=C(C(N)O)C(=O)[C@@H](N(C)C)[C@@H]3[C@@H](O)[C@@H]21. The first-order valence-electron chi connectivity index (χ1n) is 10.7. The lowest BCUT2D eigenvalue weighted by Gasteiger charge is -2.54. The number of aliphatic hydroxyl groups is 5. The van der Waals surface area contributed by atoms with Crippen molar-refractivity contribution in [3.05, 3.63) is 50.3 Å². The van der Waals surface area contributed by atoms with Crippen LogP contribution in [0.4, 0.5) is 5.69 Å². The number of benzene rings is 1. The van der Waals surface area contributed by atoms with Crippen LogP contribution in [-0.2, 0) is 9.59 Å². The Morgan fingerprint density at radius 3 is 2.31 bits per heavy atom. The van der Waals surface area contributed by atoms with E-state index in [1.165, 1.54) is 25.1 Å². The molecule has 0 heterocycles. The second-order valence-electron chi connectivity index (χ2n) is 9.32. The first-order chi connectivity index (χ1) is 16.2. The number of rotatable bonds is 3. The number of phenols is 1. The summed E-state index contributed by atoms with van der Waals surface area (Å²) >= 11 is 0. The number of carbonyl (C=O) groups is 2. The summed E-state index contributed by atoms with van der Waals surface area (Å²) in [5.41, 5.74) is 0.0722. The molecule has 1 aromatic rings. The quantitative estimate of drug-likeness (QED) is 0.156. The Hall–Kier alpha value is -3.36. The maximum Gasteiger partial charge on any atom is 0.311 e. The number of nitro groups is 1. The first-order valence-corrected chi connectivity index (χ1v) is 10.7. The number of Topliss-reactive ketones (excluding diaryl/α,β-unsaturated/α-hetero) is 2. The van der Waals surface area contributed by atoms with Crippen molar-refractivity contribution in [1.82, 2.24) is 4.90 Å². The average Bonchev–Trinajstić information content (AvgIpc) is 2.75. The summed E-state index contributed by atoms with van der Waals surface area (Å²) in [4.78, 5) is 38.6.